The van der Waals surface area contributed by atoms with E-state index in [1.165, 1.54) is 9.71 Å². The fourth-order valence-corrected chi connectivity index (χ4v) is 4.71. The van der Waals surface area contributed by atoms with Gasteiger partial charge >= 0.3 is 0 Å². The predicted molar refractivity (Wildman–Crippen MR) is 121 cm³/mol. The molecule has 7 heteroatoms. The number of hydrogen-bond donors (Lipinski definition) is 1. The van der Waals surface area contributed by atoms with Crippen molar-refractivity contribution < 1.29 is 4.79 Å². The van der Waals surface area contributed by atoms with E-state index in [1.54, 1.807) is 11.3 Å². The molecule has 1 saturated heterocycles. The van der Waals surface area contributed by atoms with Crippen molar-refractivity contribution >= 4 is 52.3 Å². The van der Waals surface area contributed by atoms with E-state index in [1.807, 2.05) is 41.3 Å². The molecule has 1 aliphatic heterocycles. The first-order chi connectivity index (χ1) is 12.7. The van der Waals surface area contributed by atoms with Gasteiger partial charge in [-0.3, -0.25) is 4.79 Å². The van der Waals surface area contributed by atoms with Crippen LogP contribution in [-0.4, -0.2) is 28.9 Å². The summed E-state index contributed by atoms with van der Waals surface area (Å²) in [6, 6.07) is 17.9. The smallest absolute Gasteiger partial charge is 0.224 e. The lowest BCUT2D eigenvalue weighted by molar-refractivity contribution is -0.132. The topological polar surface area (TPSA) is 59.2 Å². The van der Waals surface area contributed by atoms with E-state index in [-0.39, 0.29) is 36.8 Å². The number of rotatable bonds is 4. The highest BCUT2D eigenvalue weighted by Crippen LogP contribution is 2.34. The number of hydrogen-bond acceptors (Lipinski definition) is 4. The van der Waals surface area contributed by atoms with Gasteiger partial charge in [-0.15, -0.1) is 36.2 Å². The Kier molecular flexibility index (Phi) is 8.25. The number of benzene rings is 2. The molecule has 2 aromatic carbocycles. The summed E-state index contributed by atoms with van der Waals surface area (Å²) < 4.78 is 1.25. The van der Waals surface area contributed by atoms with Crippen LogP contribution in [0.2, 0.25) is 0 Å². The molecule has 1 atom stereocenters. The van der Waals surface area contributed by atoms with E-state index < -0.39 is 0 Å². The van der Waals surface area contributed by atoms with E-state index in [4.69, 9.17) is 10.7 Å². The van der Waals surface area contributed by atoms with Crippen molar-refractivity contribution in [2.75, 3.05) is 13.1 Å². The molecule has 2 N–H and O–H groups in total. The van der Waals surface area contributed by atoms with Crippen molar-refractivity contribution in [3.63, 3.8) is 0 Å². The highest BCUT2D eigenvalue weighted by Gasteiger charge is 2.26. The monoisotopic (exact) mass is 437 g/mol. The Morgan fingerprint density at radius 2 is 1.71 bits per heavy atom. The van der Waals surface area contributed by atoms with Gasteiger partial charge in [0.2, 0.25) is 5.91 Å². The van der Waals surface area contributed by atoms with Gasteiger partial charge in [-0.05, 0) is 30.5 Å². The summed E-state index contributed by atoms with van der Waals surface area (Å²) >= 11 is 1.79. The SMILES string of the molecule is Cl.Cl.NC(CC(=O)N1CCC(c2nc3ccccc3s2)CC1)c1ccccc1. The highest BCUT2D eigenvalue weighted by molar-refractivity contribution is 7.18. The number of fused-ring (bicyclic) bond motifs is 1. The average Bonchev–Trinajstić information content (AvgIpc) is 3.13. The maximum atomic E-state index is 12.6. The number of carbonyl (C=O) groups excluding carboxylic acids is 1. The van der Waals surface area contributed by atoms with Gasteiger partial charge in [-0.2, -0.15) is 0 Å². The van der Waals surface area contributed by atoms with Crippen LogP contribution in [0.1, 0.15) is 41.8 Å². The van der Waals surface area contributed by atoms with E-state index in [0.29, 0.717) is 12.3 Å². The number of nitrogens with two attached hydrogens (primary N) is 1. The Morgan fingerprint density at radius 3 is 2.39 bits per heavy atom. The van der Waals surface area contributed by atoms with E-state index >= 15 is 0 Å². The molecular weight excluding hydrogens is 413 g/mol. The molecule has 1 aromatic heterocycles. The van der Waals surface area contributed by atoms with Crippen molar-refractivity contribution in [1.29, 1.82) is 0 Å². The zero-order chi connectivity index (χ0) is 17.9. The van der Waals surface area contributed by atoms with Crippen LogP contribution in [0.5, 0.6) is 0 Å². The highest BCUT2D eigenvalue weighted by atomic mass is 35.5. The lowest BCUT2D eigenvalue weighted by Gasteiger charge is -2.31. The van der Waals surface area contributed by atoms with Crippen LogP contribution in [0.25, 0.3) is 10.2 Å². The van der Waals surface area contributed by atoms with Gasteiger partial charge < -0.3 is 10.6 Å². The van der Waals surface area contributed by atoms with Gasteiger partial charge in [-0.25, -0.2) is 4.98 Å². The van der Waals surface area contributed by atoms with Crippen LogP contribution in [-0.2, 0) is 4.79 Å². The molecule has 1 unspecified atom stereocenters. The van der Waals surface area contributed by atoms with E-state index in [9.17, 15) is 4.79 Å². The molecule has 28 heavy (non-hydrogen) atoms. The molecule has 4 rings (SSSR count). The van der Waals surface area contributed by atoms with E-state index in [0.717, 1.165) is 37.0 Å². The molecule has 2 heterocycles. The Balaban J connectivity index is 0.00000140. The maximum Gasteiger partial charge on any atom is 0.224 e. The molecule has 1 aliphatic rings. The Hall–Kier alpha value is -1.66. The van der Waals surface area contributed by atoms with Gasteiger partial charge in [0.25, 0.3) is 0 Å². The first-order valence-electron chi connectivity index (χ1n) is 9.14. The van der Waals surface area contributed by atoms with Gasteiger partial charge in [-0.1, -0.05) is 42.5 Å². The van der Waals surface area contributed by atoms with Gasteiger partial charge in [0.1, 0.15) is 0 Å². The number of thiazole rings is 1. The van der Waals surface area contributed by atoms with Crippen LogP contribution >= 0.6 is 36.2 Å². The largest absolute Gasteiger partial charge is 0.343 e. The van der Waals surface area contributed by atoms with Crippen molar-refractivity contribution in [2.45, 2.75) is 31.2 Å². The summed E-state index contributed by atoms with van der Waals surface area (Å²) in [5.74, 6) is 0.614. The van der Waals surface area contributed by atoms with E-state index in [2.05, 4.69) is 18.2 Å². The van der Waals surface area contributed by atoms with Crippen LogP contribution < -0.4 is 5.73 Å². The summed E-state index contributed by atoms with van der Waals surface area (Å²) in [5.41, 5.74) is 8.31. The van der Waals surface area contributed by atoms with Crippen LogP contribution in [0.15, 0.2) is 54.6 Å². The Morgan fingerprint density at radius 1 is 1.07 bits per heavy atom. The second kappa shape index (κ2) is 10.2. The normalized spacial score (nSPS) is 15.5. The third kappa shape index (κ3) is 5.03. The average molecular weight is 438 g/mol. The molecule has 150 valence electrons. The molecule has 0 saturated carbocycles. The second-order valence-corrected chi connectivity index (χ2v) is 7.96. The zero-order valence-electron chi connectivity index (χ0n) is 15.5. The molecule has 0 spiro atoms. The van der Waals surface area contributed by atoms with Gasteiger partial charge in [0, 0.05) is 31.5 Å². The number of halogens is 2. The standard InChI is InChI=1S/C21H23N3OS.2ClH/c22-17(15-6-2-1-3-7-15)14-20(25)24-12-10-16(11-13-24)21-23-18-8-4-5-9-19(18)26-21;;/h1-9,16-17H,10-14,22H2;2*1H. The molecule has 4 nitrogen and oxygen atoms in total. The number of piperidine rings is 1. The van der Waals surface area contributed by atoms with Crippen LogP contribution in [0.4, 0.5) is 0 Å². The molecule has 0 aliphatic carbocycles. The first-order valence-corrected chi connectivity index (χ1v) is 9.96. The molecule has 0 bridgehead atoms. The van der Waals surface area contributed by atoms with Crippen molar-refractivity contribution in [3.05, 3.63) is 65.2 Å². The number of aromatic nitrogens is 1. The molecular formula is C21H25Cl2N3OS. The minimum Gasteiger partial charge on any atom is -0.343 e. The molecule has 3 aromatic rings. The lowest BCUT2D eigenvalue weighted by Crippen LogP contribution is -2.39. The number of carbonyl (C=O) groups is 1. The number of para-hydroxylation sites is 1. The molecule has 1 amide bonds. The van der Waals surface area contributed by atoms with Crippen LogP contribution in [0, 0.1) is 0 Å². The van der Waals surface area contributed by atoms with Crippen molar-refractivity contribution in [2.24, 2.45) is 5.73 Å². The third-order valence-electron chi connectivity index (χ3n) is 5.13. The lowest BCUT2D eigenvalue weighted by atomic mass is 9.96. The summed E-state index contributed by atoms with van der Waals surface area (Å²) in [7, 11) is 0. The summed E-state index contributed by atoms with van der Waals surface area (Å²) in [6.45, 7) is 1.59. The van der Waals surface area contributed by atoms with Crippen LogP contribution in [0.3, 0.4) is 0 Å². The molecule has 1 fully saturated rings. The first kappa shape index (κ1) is 22.6. The number of likely N-dealkylation sites (tertiary alicyclic amines) is 1. The fraction of sp³-hybridized carbons (Fsp3) is 0.333. The maximum absolute atomic E-state index is 12.6. The minimum atomic E-state index is -0.231. The quantitative estimate of drug-likeness (QED) is 0.628. The van der Waals surface area contributed by atoms with Crippen molar-refractivity contribution in [3.8, 4) is 0 Å². The summed E-state index contributed by atoms with van der Waals surface area (Å²) in [5, 5.41) is 1.21. The van der Waals surface area contributed by atoms with Gasteiger partial charge in [0.15, 0.2) is 0 Å². The fourth-order valence-electron chi connectivity index (χ4n) is 3.58. The second-order valence-electron chi connectivity index (χ2n) is 6.90. The summed E-state index contributed by atoms with van der Waals surface area (Å²) in [4.78, 5) is 19.4. The zero-order valence-corrected chi connectivity index (χ0v) is 17.9. The summed E-state index contributed by atoms with van der Waals surface area (Å²) in [6.07, 6.45) is 2.33. The minimum absolute atomic E-state index is 0. The number of amides is 1. The number of nitrogens with zero attached hydrogens (tertiary/aromatic N) is 2. The van der Waals surface area contributed by atoms with Gasteiger partial charge in [0.05, 0.1) is 15.2 Å². The third-order valence-corrected chi connectivity index (χ3v) is 6.33. The predicted octanol–water partition coefficient (Wildman–Crippen LogP) is 4.94. The molecule has 0 radical (unpaired) electrons. The Labute approximate surface area is 182 Å². The Bertz CT molecular complexity index is 862. The van der Waals surface area contributed by atoms with Crippen molar-refractivity contribution in [1.82, 2.24) is 9.88 Å².